The van der Waals surface area contributed by atoms with Crippen molar-refractivity contribution in [3.63, 3.8) is 0 Å². The van der Waals surface area contributed by atoms with Gasteiger partial charge in [0, 0.05) is 26.4 Å². The molecule has 0 radical (unpaired) electrons. The van der Waals surface area contributed by atoms with E-state index in [4.69, 9.17) is 16.3 Å². The van der Waals surface area contributed by atoms with Crippen molar-refractivity contribution in [1.82, 2.24) is 4.90 Å². The van der Waals surface area contributed by atoms with Crippen molar-refractivity contribution >= 4 is 45.7 Å². The van der Waals surface area contributed by atoms with Gasteiger partial charge in [-0.3, -0.25) is 9.69 Å². The van der Waals surface area contributed by atoms with Crippen LogP contribution in [0, 0.1) is 3.57 Å². The first-order valence-electron chi connectivity index (χ1n) is 9.74. The van der Waals surface area contributed by atoms with Crippen molar-refractivity contribution in [2.24, 2.45) is 0 Å². The van der Waals surface area contributed by atoms with E-state index in [1.807, 2.05) is 48.5 Å². The summed E-state index contributed by atoms with van der Waals surface area (Å²) in [6.07, 6.45) is 0. The van der Waals surface area contributed by atoms with Gasteiger partial charge in [-0.25, -0.2) is 0 Å². The van der Waals surface area contributed by atoms with Gasteiger partial charge >= 0.3 is 0 Å². The van der Waals surface area contributed by atoms with E-state index >= 15 is 0 Å². The van der Waals surface area contributed by atoms with Crippen LogP contribution in [0.15, 0.2) is 72.8 Å². The summed E-state index contributed by atoms with van der Waals surface area (Å²) in [6, 6.07) is 23.8. The number of nitrogens with zero attached hydrogens (tertiary/aromatic N) is 2. The molecule has 2 saturated heterocycles. The van der Waals surface area contributed by atoms with Crippen LogP contribution in [-0.4, -0.2) is 36.5 Å². The number of ketones is 1. The largest absolute Gasteiger partial charge is 0.497 e. The number of Topliss-reactive ketones (excluding diaryl/α,β-unsaturated/α-hetero) is 1. The van der Waals surface area contributed by atoms with E-state index in [0.717, 1.165) is 23.7 Å². The third-order valence-corrected chi connectivity index (χ3v) is 7.06. The fraction of sp³-hybridized carbons (Fsp3) is 0.208. The summed E-state index contributed by atoms with van der Waals surface area (Å²) in [6.45, 7) is 1.38. The summed E-state index contributed by atoms with van der Waals surface area (Å²) in [4.78, 5) is 18.3. The maximum Gasteiger partial charge on any atom is 0.186 e. The predicted octanol–water partition coefficient (Wildman–Crippen LogP) is 5.41. The van der Waals surface area contributed by atoms with Gasteiger partial charge in [0.05, 0.1) is 19.8 Å². The third-order valence-electron chi connectivity index (χ3n) is 6.09. The molecule has 2 aliphatic heterocycles. The standard InChI is InChI=1S/C24H20ClIN2O2/c1-30-21-12-4-17(5-13-21)23(29)24-14-27(20-10-8-19(26)9-11-20)15-28(24)22(24)16-2-6-18(25)7-3-16/h2-13,22H,14-15H2,1H3/t22-,24-,28?/m0/s1. The number of ether oxygens (including phenoxy) is 1. The minimum absolute atomic E-state index is 0.0597. The number of hydrogen-bond donors (Lipinski definition) is 0. The highest BCUT2D eigenvalue weighted by Gasteiger charge is 2.72. The number of methoxy groups -OCH3 is 1. The maximum atomic E-state index is 13.8. The van der Waals surface area contributed by atoms with E-state index in [1.165, 1.54) is 3.57 Å². The van der Waals surface area contributed by atoms with Gasteiger partial charge in [0.1, 0.15) is 11.3 Å². The molecule has 152 valence electrons. The van der Waals surface area contributed by atoms with Crippen LogP contribution in [0.2, 0.25) is 5.02 Å². The Balaban J connectivity index is 1.49. The highest BCUT2D eigenvalue weighted by Crippen LogP contribution is 2.59. The SMILES string of the molecule is COc1ccc(C(=O)[C@@]23CN(c4ccc(I)cc4)CN2[C@H]3c2ccc(Cl)cc2)cc1. The molecule has 0 saturated carbocycles. The molecule has 0 spiro atoms. The van der Waals surface area contributed by atoms with Gasteiger partial charge in [0.2, 0.25) is 0 Å². The second kappa shape index (κ2) is 7.55. The van der Waals surface area contributed by atoms with E-state index in [-0.39, 0.29) is 11.8 Å². The normalized spacial score (nSPS) is 24.4. The van der Waals surface area contributed by atoms with E-state index in [9.17, 15) is 4.79 Å². The first-order valence-corrected chi connectivity index (χ1v) is 11.2. The van der Waals surface area contributed by atoms with E-state index < -0.39 is 5.54 Å². The number of hydrogen-bond acceptors (Lipinski definition) is 4. The fourth-order valence-corrected chi connectivity index (χ4v) is 5.03. The molecule has 0 amide bonds. The van der Waals surface area contributed by atoms with Crippen LogP contribution in [0.1, 0.15) is 22.0 Å². The highest BCUT2D eigenvalue weighted by atomic mass is 127. The summed E-state index contributed by atoms with van der Waals surface area (Å²) in [5.41, 5.74) is 2.41. The van der Waals surface area contributed by atoms with Crippen LogP contribution in [0.3, 0.4) is 0 Å². The lowest BCUT2D eigenvalue weighted by molar-refractivity contribution is 0.0933. The Morgan fingerprint density at radius 3 is 2.33 bits per heavy atom. The summed E-state index contributed by atoms with van der Waals surface area (Å²) in [7, 11) is 1.63. The molecule has 5 rings (SSSR count). The lowest BCUT2D eigenvalue weighted by Crippen LogP contribution is -2.35. The van der Waals surface area contributed by atoms with Crippen molar-refractivity contribution in [1.29, 1.82) is 0 Å². The summed E-state index contributed by atoms with van der Waals surface area (Å²) < 4.78 is 6.45. The van der Waals surface area contributed by atoms with Crippen LogP contribution in [0.25, 0.3) is 0 Å². The number of carbonyl (C=O) groups is 1. The van der Waals surface area contributed by atoms with Gasteiger partial charge in [-0.1, -0.05) is 23.7 Å². The number of rotatable bonds is 5. The molecule has 2 heterocycles. The summed E-state index contributed by atoms with van der Waals surface area (Å²) in [5.74, 6) is 0.899. The van der Waals surface area contributed by atoms with Gasteiger partial charge in [-0.15, -0.1) is 0 Å². The molecular formula is C24H20ClIN2O2. The second-order valence-electron chi connectivity index (χ2n) is 7.72. The molecule has 6 heteroatoms. The molecule has 0 aromatic heterocycles. The number of halogens is 2. The lowest BCUT2D eigenvalue weighted by atomic mass is 9.90. The molecule has 4 nitrogen and oxygen atoms in total. The second-order valence-corrected chi connectivity index (χ2v) is 9.40. The summed E-state index contributed by atoms with van der Waals surface area (Å²) in [5, 5.41) is 0.704. The molecule has 3 atom stereocenters. The zero-order valence-electron chi connectivity index (χ0n) is 16.4. The van der Waals surface area contributed by atoms with Crippen LogP contribution in [0.4, 0.5) is 5.69 Å². The summed E-state index contributed by atoms with van der Waals surface area (Å²) >= 11 is 8.40. The monoisotopic (exact) mass is 530 g/mol. The van der Waals surface area contributed by atoms with Crippen molar-refractivity contribution in [3.8, 4) is 5.75 Å². The molecule has 3 aromatic carbocycles. The Hall–Kier alpha value is -2.09. The Bertz CT molecular complexity index is 1090. The van der Waals surface area contributed by atoms with Crippen LogP contribution >= 0.6 is 34.2 Å². The molecule has 1 unspecified atom stereocenters. The predicted molar refractivity (Wildman–Crippen MR) is 127 cm³/mol. The highest BCUT2D eigenvalue weighted by molar-refractivity contribution is 14.1. The Kier molecular flexibility index (Phi) is 5.00. The first-order chi connectivity index (χ1) is 14.5. The minimum Gasteiger partial charge on any atom is -0.497 e. The van der Waals surface area contributed by atoms with E-state index in [0.29, 0.717) is 17.1 Å². The Morgan fingerprint density at radius 1 is 1.03 bits per heavy atom. The zero-order valence-corrected chi connectivity index (χ0v) is 19.3. The zero-order chi connectivity index (χ0) is 20.9. The third kappa shape index (κ3) is 3.20. The number of anilines is 1. The molecule has 0 bridgehead atoms. The van der Waals surface area contributed by atoms with Crippen molar-refractivity contribution in [2.45, 2.75) is 11.6 Å². The lowest BCUT2D eigenvalue weighted by Gasteiger charge is -2.24. The smallest absolute Gasteiger partial charge is 0.186 e. The fourth-order valence-electron chi connectivity index (χ4n) is 4.54. The van der Waals surface area contributed by atoms with Crippen molar-refractivity contribution in [3.05, 3.63) is 92.5 Å². The van der Waals surface area contributed by atoms with Gasteiger partial charge < -0.3 is 9.64 Å². The van der Waals surface area contributed by atoms with Gasteiger partial charge in [-0.2, -0.15) is 0 Å². The Morgan fingerprint density at radius 2 is 1.70 bits per heavy atom. The van der Waals surface area contributed by atoms with E-state index in [2.05, 4.69) is 56.7 Å². The topological polar surface area (TPSA) is 32.5 Å². The average molecular weight is 531 g/mol. The molecule has 0 N–H and O–H groups in total. The van der Waals surface area contributed by atoms with Crippen LogP contribution in [0.5, 0.6) is 5.75 Å². The molecule has 2 aliphatic rings. The van der Waals surface area contributed by atoms with Crippen LogP contribution < -0.4 is 9.64 Å². The molecule has 2 fully saturated rings. The number of carbonyl (C=O) groups excluding carboxylic acids is 1. The van der Waals surface area contributed by atoms with Crippen molar-refractivity contribution < 1.29 is 9.53 Å². The van der Waals surface area contributed by atoms with Gasteiger partial charge in [0.25, 0.3) is 0 Å². The van der Waals surface area contributed by atoms with Gasteiger partial charge in [0.15, 0.2) is 5.78 Å². The quantitative estimate of drug-likeness (QED) is 0.251. The van der Waals surface area contributed by atoms with Crippen LogP contribution in [-0.2, 0) is 0 Å². The Labute approximate surface area is 194 Å². The number of benzene rings is 3. The van der Waals surface area contributed by atoms with Gasteiger partial charge in [-0.05, 0) is 88.8 Å². The average Bonchev–Trinajstić information content (AvgIpc) is 3.23. The van der Waals surface area contributed by atoms with Crippen molar-refractivity contribution in [2.75, 3.05) is 25.2 Å². The minimum atomic E-state index is -0.564. The number of fused-ring (bicyclic) bond motifs is 1. The first kappa shape index (κ1) is 19.8. The maximum absolute atomic E-state index is 13.8. The molecule has 30 heavy (non-hydrogen) atoms. The van der Waals surface area contributed by atoms with E-state index in [1.54, 1.807) is 7.11 Å². The molecular weight excluding hydrogens is 511 g/mol. The molecule has 0 aliphatic carbocycles. The molecule has 3 aromatic rings.